The number of nitrogens with one attached hydrogen (secondary N) is 1. The zero-order chi connectivity index (χ0) is 14.2. The van der Waals surface area contributed by atoms with E-state index in [1.54, 1.807) is 6.20 Å². The molecule has 1 aliphatic rings. The van der Waals surface area contributed by atoms with Crippen molar-refractivity contribution in [3.8, 4) is 0 Å². The van der Waals surface area contributed by atoms with E-state index in [1.807, 2.05) is 30.3 Å². The Labute approximate surface area is 115 Å². The Hall–Kier alpha value is -2.43. The topological polar surface area (TPSA) is 79.3 Å². The number of fused-ring (bicyclic) bond motifs is 1. The number of rotatable bonds is 4. The molecule has 0 atom stereocenters. The van der Waals surface area contributed by atoms with Gasteiger partial charge in [-0.2, -0.15) is 0 Å². The van der Waals surface area contributed by atoms with E-state index < -0.39 is 11.4 Å². The summed E-state index contributed by atoms with van der Waals surface area (Å²) < 4.78 is 0. The largest absolute Gasteiger partial charge is 0.481 e. The molecular formula is C15H14N2O3. The highest BCUT2D eigenvalue weighted by Gasteiger charge is 2.50. The first kappa shape index (κ1) is 12.6. The number of nitrogens with zero attached hydrogens (tertiary/aromatic N) is 1. The summed E-state index contributed by atoms with van der Waals surface area (Å²) in [5.41, 5.74) is -0.426. The molecule has 1 fully saturated rings. The molecular weight excluding hydrogens is 256 g/mol. The minimum Gasteiger partial charge on any atom is -0.481 e. The quantitative estimate of drug-likeness (QED) is 0.888. The second-order valence-corrected chi connectivity index (χ2v) is 5.15. The predicted octanol–water partition coefficient (Wildman–Crippen LogP) is 1.83. The second-order valence-electron chi connectivity index (χ2n) is 5.15. The van der Waals surface area contributed by atoms with Crippen molar-refractivity contribution in [2.24, 2.45) is 5.41 Å². The Balaban J connectivity index is 1.81. The van der Waals surface area contributed by atoms with Gasteiger partial charge in [-0.15, -0.1) is 0 Å². The number of carbonyl (C=O) groups is 2. The average Bonchev–Trinajstić information content (AvgIpc) is 3.25. The third kappa shape index (κ3) is 2.11. The summed E-state index contributed by atoms with van der Waals surface area (Å²) in [5, 5.41) is 13.5. The average molecular weight is 270 g/mol. The highest BCUT2D eigenvalue weighted by atomic mass is 16.4. The lowest BCUT2D eigenvalue weighted by molar-refractivity contribution is -0.143. The Kier molecular flexibility index (Phi) is 2.89. The van der Waals surface area contributed by atoms with Gasteiger partial charge in [-0.25, -0.2) is 0 Å². The SMILES string of the molecule is O=C(NCC1(C(=O)O)CC1)c1nccc2ccccc12. The number of carboxylic acid groups (broad SMARTS) is 1. The highest BCUT2D eigenvalue weighted by Crippen LogP contribution is 2.45. The number of aliphatic carboxylic acids is 1. The van der Waals surface area contributed by atoms with E-state index in [2.05, 4.69) is 10.3 Å². The number of carboxylic acids is 1. The van der Waals surface area contributed by atoms with Gasteiger partial charge in [0.15, 0.2) is 0 Å². The van der Waals surface area contributed by atoms with Crippen LogP contribution in [-0.2, 0) is 4.79 Å². The lowest BCUT2D eigenvalue weighted by Gasteiger charge is -2.11. The molecule has 20 heavy (non-hydrogen) atoms. The Morgan fingerprint density at radius 1 is 1.25 bits per heavy atom. The van der Waals surface area contributed by atoms with Gasteiger partial charge in [-0.3, -0.25) is 14.6 Å². The molecule has 0 saturated heterocycles. The molecule has 0 spiro atoms. The summed E-state index contributed by atoms with van der Waals surface area (Å²) in [7, 11) is 0. The van der Waals surface area contributed by atoms with E-state index in [9.17, 15) is 9.59 Å². The Morgan fingerprint density at radius 3 is 2.70 bits per heavy atom. The Bertz CT molecular complexity index is 687. The Morgan fingerprint density at radius 2 is 2.00 bits per heavy atom. The van der Waals surface area contributed by atoms with Crippen LogP contribution in [0.25, 0.3) is 10.8 Å². The molecule has 2 aromatic rings. The van der Waals surface area contributed by atoms with Crippen LogP contribution in [0.5, 0.6) is 0 Å². The normalized spacial score (nSPS) is 15.8. The maximum absolute atomic E-state index is 12.2. The minimum atomic E-state index is -0.844. The van der Waals surface area contributed by atoms with E-state index in [4.69, 9.17) is 5.11 Å². The lowest BCUT2D eigenvalue weighted by Crippen LogP contribution is -2.34. The van der Waals surface area contributed by atoms with Crippen LogP contribution >= 0.6 is 0 Å². The summed E-state index contributed by atoms with van der Waals surface area (Å²) in [6, 6.07) is 9.33. The number of benzene rings is 1. The van der Waals surface area contributed by atoms with Gasteiger partial charge >= 0.3 is 5.97 Å². The maximum atomic E-state index is 12.2. The van der Waals surface area contributed by atoms with Crippen molar-refractivity contribution in [1.29, 1.82) is 0 Å². The molecule has 1 heterocycles. The summed E-state index contributed by atoms with van der Waals surface area (Å²) in [6.07, 6.45) is 2.82. The van der Waals surface area contributed by atoms with Gasteiger partial charge in [0.25, 0.3) is 5.91 Å². The first-order chi connectivity index (χ1) is 9.62. The molecule has 0 bridgehead atoms. The number of pyridine rings is 1. The highest BCUT2D eigenvalue weighted by molar-refractivity contribution is 6.05. The van der Waals surface area contributed by atoms with Crippen LogP contribution in [0.1, 0.15) is 23.3 Å². The fraction of sp³-hybridized carbons (Fsp3) is 0.267. The smallest absolute Gasteiger partial charge is 0.311 e. The standard InChI is InChI=1S/C15H14N2O3/c18-13(17-9-15(6-7-15)14(19)20)12-11-4-2-1-3-10(11)5-8-16-12/h1-5,8H,6-7,9H2,(H,17,18)(H,19,20). The van der Waals surface area contributed by atoms with Gasteiger partial charge in [-0.05, 0) is 24.3 Å². The van der Waals surface area contributed by atoms with Crippen LogP contribution in [0.3, 0.4) is 0 Å². The molecule has 102 valence electrons. The van der Waals surface area contributed by atoms with Crippen LogP contribution in [0.2, 0.25) is 0 Å². The van der Waals surface area contributed by atoms with Crippen LogP contribution in [0, 0.1) is 5.41 Å². The van der Waals surface area contributed by atoms with Crippen molar-refractivity contribution in [2.45, 2.75) is 12.8 Å². The van der Waals surface area contributed by atoms with Gasteiger partial charge in [0.2, 0.25) is 0 Å². The molecule has 1 aromatic heterocycles. The molecule has 1 aromatic carbocycles. The lowest BCUT2D eigenvalue weighted by atomic mass is 10.1. The van der Waals surface area contributed by atoms with E-state index >= 15 is 0 Å². The first-order valence-electron chi connectivity index (χ1n) is 6.48. The van der Waals surface area contributed by atoms with E-state index in [1.165, 1.54) is 0 Å². The molecule has 0 aliphatic heterocycles. The molecule has 1 aliphatic carbocycles. The van der Waals surface area contributed by atoms with Crippen LogP contribution in [-0.4, -0.2) is 28.5 Å². The van der Waals surface area contributed by atoms with E-state index in [-0.39, 0.29) is 12.5 Å². The summed E-state index contributed by atoms with van der Waals surface area (Å²) >= 11 is 0. The third-order valence-electron chi connectivity index (χ3n) is 3.78. The van der Waals surface area contributed by atoms with Crippen molar-refractivity contribution in [3.05, 3.63) is 42.2 Å². The number of hydrogen-bond acceptors (Lipinski definition) is 3. The van der Waals surface area contributed by atoms with Crippen molar-refractivity contribution in [1.82, 2.24) is 10.3 Å². The molecule has 3 rings (SSSR count). The number of carbonyl (C=O) groups excluding carboxylic acids is 1. The zero-order valence-corrected chi connectivity index (χ0v) is 10.8. The van der Waals surface area contributed by atoms with Crippen LogP contribution < -0.4 is 5.32 Å². The minimum absolute atomic E-state index is 0.159. The summed E-state index contributed by atoms with van der Waals surface area (Å²) in [6.45, 7) is 0.159. The molecule has 1 amide bonds. The fourth-order valence-corrected chi connectivity index (χ4v) is 2.25. The molecule has 2 N–H and O–H groups in total. The molecule has 1 saturated carbocycles. The monoisotopic (exact) mass is 270 g/mol. The van der Waals surface area contributed by atoms with Gasteiger partial charge < -0.3 is 10.4 Å². The zero-order valence-electron chi connectivity index (χ0n) is 10.8. The van der Waals surface area contributed by atoms with Crippen molar-refractivity contribution >= 4 is 22.6 Å². The number of amides is 1. The van der Waals surface area contributed by atoms with Crippen molar-refractivity contribution in [2.75, 3.05) is 6.54 Å². The second kappa shape index (κ2) is 4.59. The first-order valence-corrected chi connectivity index (χ1v) is 6.48. The van der Waals surface area contributed by atoms with Crippen molar-refractivity contribution < 1.29 is 14.7 Å². The number of aromatic nitrogens is 1. The predicted molar refractivity (Wildman–Crippen MR) is 73.4 cm³/mol. The third-order valence-corrected chi connectivity index (χ3v) is 3.78. The summed E-state index contributed by atoms with van der Waals surface area (Å²) in [4.78, 5) is 27.4. The summed E-state index contributed by atoms with van der Waals surface area (Å²) in [5.74, 6) is -1.17. The van der Waals surface area contributed by atoms with E-state index in [0.29, 0.717) is 18.5 Å². The molecule has 0 radical (unpaired) electrons. The van der Waals surface area contributed by atoms with Gasteiger partial charge in [-0.1, -0.05) is 24.3 Å². The van der Waals surface area contributed by atoms with Crippen LogP contribution in [0.15, 0.2) is 36.5 Å². The van der Waals surface area contributed by atoms with E-state index in [0.717, 1.165) is 10.8 Å². The van der Waals surface area contributed by atoms with Gasteiger partial charge in [0.05, 0.1) is 5.41 Å². The van der Waals surface area contributed by atoms with Crippen molar-refractivity contribution in [3.63, 3.8) is 0 Å². The van der Waals surface area contributed by atoms with Crippen LogP contribution in [0.4, 0.5) is 0 Å². The molecule has 5 nitrogen and oxygen atoms in total. The fourth-order valence-electron chi connectivity index (χ4n) is 2.25. The maximum Gasteiger partial charge on any atom is 0.311 e. The van der Waals surface area contributed by atoms with Gasteiger partial charge in [0, 0.05) is 18.1 Å². The van der Waals surface area contributed by atoms with Gasteiger partial charge in [0.1, 0.15) is 5.69 Å². The molecule has 5 heteroatoms. The number of hydrogen-bond donors (Lipinski definition) is 2. The molecule has 0 unspecified atom stereocenters.